The zero-order valence-corrected chi connectivity index (χ0v) is 14.1. The number of benzene rings is 1. The number of carbonyl (C=O) groups excluding carboxylic acids is 1. The van der Waals surface area contributed by atoms with E-state index in [2.05, 4.69) is 5.32 Å². The normalized spacial score (nSPS) is 12.2. The maximum absolute atomic E-state index is 11.8. The fourth-order valence-electron chi connectivity index (χ4n) is 2.38. The van der Waals surface area contributed by atoms with Crippen molar-refractivity contribution in [1.29, 1.82) is 0 Å². The molecule has 0 saturated carbocycles. The second kappa shape index (κ2) is 7.07. The van der Waals surface area contributed by atoms with Gasteiger partial charge in [-0.15, -0.1) is 0 Å². The van der Waals surface area contributed by atoms with E-state index in [9.17, 15) is 13.2 Å². The first-order chi connectivity index (χ1) is 9.68. The van der Waals surface area contributed by atoms with Crippen molar-refractivity contribution in [3.8, 4) is 0 Å². The molecule has 1 N–H and O–H groups in total. The minimum atomic E-state index is -3.28. The maximum Gasteiger partial charge on any atom is 0.235 e. The molecule has 0 aromatic heterocycles. The van der Waals surface area contributed by atoms with Gasteiger partial charge in [0.1, 0.15) is 5.75 Å². The van der Waals surface area contributed by atoms with Crippen molar-refractivity contribution < 1.29 is 13.2 Å². The molecule has 5 heteroatoms. The molecule has 0 fully saturated rings. The second-order valence-corrected chi connectivity index (χ2v) is 8.25. The third kappa shape index (κ3) is 5.50. The van der Waals surface area contributed by atoms with Crippen LogP contribution in [0.1, 0.15) is 38.3 Å². The Morgan fingerprint density at radius 3 is 2.43 bits per heavy atom. The Morgan fingerprint density at radius 1 is 1.24 bits per heavy atom. The van der Waals surface area contributed by atoms with Crippen LogP contribution in [0.15, 0.2) is 24.3 Å². The smallest absolute Gasteiger partial charge is 0.235 e. The highest BCUT2D eigenvalue weighted by atomic mass is 32.2. The van der Waals surface area contributed by atoms with Gasteiger partial charge in [0.2, 0.25) is 5.91 Å². The molecular weight excluding hydrogens is 286 g/mol. The summed E-state index contributed by atoms with van der Waals surface area (Å²) in [7, 11) is -3.28. The molecule has 0 atom stereocenters. The summed E-state index contributed by atoms with van der Waals surface area (Å²) in [5, 5.41) is 2.75. The molecule has 0 saturated heterocycles. The second-order valence-electron chi connectivity index (χ2n) is 6.07. The van der Waals surface area contributed by atoms with Gasteiger partial charge in [0.15, 0.2) is 9.84 Å². The van der Waals surface area contributed by atoms with Crippen molar-refractivity contribution in [3.05, 3.63) is 35.4 Å². The molecular formula is C16H25NO3S. The van der Waals surface area contributed by atoms with Crippen molar-refractivity contribution in [2.45, 2.75) is 39.5 Å². The fraction of sp³-hybridized carbons (Fsp3) is 0.562. The number of rotatable bonds is 7. The number of nitrogens with one attached hydrogen (secondary N) is 1. The lowest BCUT2D eigenvalue weighted by molar-refractivity contribution is -0.118. The van der Waals surface area contributed by atoms with Crippen LogP contribution in [-0.4, -0.2) is 32.4 Å². The van der Waals surface area contributed by atoms with E-state index in [4.69, 9.17) is 0 Å². The van der Waals surface area contributed by atoms with Gasteiger partial charge in [0.05, 0.1) is 5.75 Å². The number of sulfone groups is 1. The molecule has 0 aliphatic rings. The van der Waals surface area contributed by atoms with Gasteiger partial charge in [-0.05, 0) is 24.5 Å². The van der Waals surface area contributed by atoms with Crippen molar-refractivity contribution in [3.63, 3.8) is 0 Å². The Labute approximate surface area is 127 Å². The molecule has 1 aromatic carbocycles. The minimum absolute atomic E-state index is 0.0571. The molecule has 0 aliphatic heterocycles. The average molecular weight is 311 g/mol. The Kier molecular flexibility index (Phi) is 5.96. The molecule has 0 spiro atoms. The summed E-state index contributed by atoms with van der Waals surface area (Å²) in [6.07, 6.45) is 0.532. The Hall–Kier alpha value is -1.36. The third-order valence-electron chi connectivity index (χ3n) is 3.47. The topological polar surface area (TPSA) is 63.2 Å². The van der Waals surface area contributed by atoms with E-state index in [1.807, 2.05) is 45.0 Å². The van der Waals surface area contributed by atoms with Gasteiger partial charge in [-0.25, -0.2) is 8.42 Å². The molecule has 4 nitrogen and oxygen atoms in total. The first kappa shape index (κ1) is 17.7. The van der Waals surface area contributed by atoms with E-state index in [0.717, 1.165) is 11.1 Å². The first-order valence-electron chi connectivity index (χ1n) is 7.21. The molecule has 118 valence electrons. The third-order valence-corrected chi connectivity index (χ3v) is 5.20. The van der Waals surface area contributed by atoms with Crippen LogP contribution in [0.3, 0.4) is 0 Å². The minimum Gasteiger partial charge on any atom is -0.354 e. The van der Waals surface area contributed by atoms with Crippen LogP contribution in [-0.2, 0) is 20.0 Å². The summed E-state index contributed by atoms with van der Waals surface area (Å²) in [5.41, 5.74) is 2.08. The summed E-state index contributed by atoms with van der Waals surface area (Å²) in [5.74, 6) is -0.795. The van der Waals surface area contributed by atoms with Crippen LogP contribution in [0.2, 0.25) is 0 Å². The standard InChI is InChI=1S/C16H25NO3S/c1-5-10-21(19,20)11-15(18)17-12-16(3,4)14-9-7-6-8-13(14)2/h6-9H,5,10-12H2,1-4H3,(H,17,18). The summed E-state index contributed by atoms with van der Waals surface area (Å²) in [4.78, 5) is 11.8. The lowest BCUT2D eigenvalue weighted by Crippen LogP contribution is -2.40. The lowest BCUT2D eigenvalue weighted by Gasteiger charge is -2.27. The highest BCUT2D eigenvalue weighted by Gasteiger charge is 2.24. The fourth-order valence-corrected chi connectivity index (χ4v) is 3.65. The molecule has 0 radical (unpaired) electrons. The molecule has 21 heavy (non-hydrogen) atoms. The van der Waals surface area contributed by atoms with E-state index < -0.39 is 21.5 Å². The summed E-state index contributed by atoms with van der Waals surface area (Å²) < 4.78 is 23.3. The van der Waals surface area contributed by atoms with Crippen LogP contribution in [0.25, 0.3) is 0 Å². The zero-order valence-electron chi connectivity index (χ0n) is 13.3. The van der Waals surface area contributed by atoms with Crippen molar-refractivity contribution in [1.82, 2.24) is 5.32 Å². The Balaban J connectivity index is 2.66. The van der Waals surface area contributed by atoms with Crippen LogP contribution in [0.4, 0.5) is 0 Å². The number of amides is 1. The molecule has 0 aliphatic carbocycles. The Morgan fingerprint density at radius 2 is 1.86 bits per heavy atom. The summed E-state index contributed by atoms with van der Waals surface area (Å²) in [6, 6.07) is 8.02. The average Bonchev–Trinajstić information content (AvgIpc) is 2.36. The van der Waals surface area contributed by atoms with Gasteiger partial charge < -0.3 is 5.32 Å². The molecule has 1 rings (SSSR count). The van der Waals surface area contributed by atoms with E-state index in [-0.39, 0.29) is 11.2 Å². The quantitative estimate of drug-likeness (QED) is 0.840. The number of aryl methyl sites for hydroxylation is 1. The monoisotopic (exact) mass is 311 g/mol. The molecule has 0 unspecified atom stereocenters. The maximum atomic E-state index is 11.8. The number of carbonyl (C=O) groups is 1. The Bertz CT molecular complexity index is 591. The van der Waals surface area contributed by atoms with Gasteiger partial charge in [-0.1, -0.05) is 45.0 Å². The number of hydrogen-bond donors (Lipinski definition) is 1. The van der Waals surface area contributed by atoms with E-state index in [1.54, 1.807) is 6.92 Å². The molecule has 0 heterocycles. The van der Waals surface area contributed by atoms with Crippen LogP contribution >= 0.6 is 0 Å². The van der Waals surface area contributed by atoms with Gasteiger partial charge in [0.25, 0.3) is 0 Å². The zero-order chi connectivity index (χ0) is 16.1. The van der Waals surface area contributed by atoms with Crippen LogP contribution < -0.4 is 5.32 Å². The van der Waals surface area contributed by atoms with E-state index in [1.165, 1.54) is 0 Å². The summed E-state index contributed by atoms with van der Waals surface area (Å²) in [6.45, 7) is 8.31. The molecule has 0 bridgehead atoms. The van der Waals surface area contributed by atoms with Crippen molar-refractivity contribution in [2.75, 3.05) is 18.1 Å². The highest BCUT2D eigenvalue weighted by Crippen LogP contribution is 2.25. The van der Waals surface area contributed by atoms with Gasteiger partial charge in [0, 0.05) is 12.0 Å². The first-order valence-corrected chi connectivity index (χ1v) is 9.03. The van der Waals surface area contributed by atoms with Gasteiger partial charge in [-0.2, -0.15) is 0 Å². The predicted molar refractivity (Wildman–Crippen MR) is 86.2 cm³/mol. The van der Waals surface area contributed by atoms with Crippen LogP contribution in [0, 0.1) is 6.92 Å². The van der Waals surface area contributed by atoms with Gasteiger partial charge >= 0.3 is 0 Å². The van der Waals surface area contributed by atoms with E-state index >= 15 is 0 Å². The predicted octanol–water partition coefficient (Wildman–Crippen LogP) is 2.21. The van der Waals surface area contributed by atoms with Gasteiger partial charge in [-0.3, -0.25) is 4.79 Å². The van der Waals surface area contributed by atoms with E-state index in [0.29, 0.717) is 13.0 Å². The number of hydrogen-bond acceptors (Lipinski definition) is 3. The van der Waals surface area contributed by atoms with Crippen LogP contribution in [0.5, 0.6) is 0 Å². The molecule has 1 aromatic rings. The molecule has 1 amide bonds. The highest BCUT2D eigenvalue weighted by molar-refractivity contribution is 7.92. The summed E-state index contributed by atoms with van der Waals surface area (Å²) >= 11 is 0. The lowest BCUT2D eigenvalue weighted by atomic mass is 9.82. The largest absolute Gasteiger partial charge is 0.354 e. The van der Waals surface area contributed by atoms with Crippen molar-refractivity contribution in [2.24, 2.45) is 0 Å². The SMILES string of the molecule is CCCS(=O)(=O)CC(=O)NCC(C)(C)c1ccccc1C. The van der Waals surface area contributed by atoms with Crippen molar-refractivity contribution >= 4 is 15.7 Å².